The minimum Gasteiger partial charge on any atom is -0.338 e. The summed E-state index contributed by atoms with van der Waals surface area (Å²) in [6, 6.07) is 7.68. The summed E-state index contributed by atoms with van der Waals surface area (Å²) in [7, 11) is 1.63. The Hall–Kier alpha value is -2.74. The van der Waals surface area contributed by atoms with Crippen LogP contribution in [0.4, 0.5) is 9.18 Å². The van der Waals surface area contributed by atoms with E-state index in [1.54, 1.807) is 25.2 Å². The molecule has 2 heterocycles. The number of H-pyrrole nitrogens is 1. The van der Waals surface area contributed by atoms with Gasteiger partial charge < -0.3 is 15.2 Å². The fourth-order valence-electron chi connectivity index (χ4n) is 2.39. The lowest BCUT2D eigenvalue weighted by Crippen LogP contribution is -2.38. The van der Waals surface area contributed by atoms with Gasteiger partial charge in [-0.15, -0.1) is 11.3 Å². The number of amides is 2. The molecule has 2 aromatic heterocycles. The van der Waals surface area contributed by atoms with Gasteiger partial charge in [0.1, 0.15) is 16.3 Å². The summed E-state index contributed by atoms with van der Waals surface area (Å²) in [5.41, 5.74) is 1.38. The number of nitrogens with zero attached hydrogens (tertiary/aromatic N) is 2. The molecule has 0 aliphatic heterocycles. The van der Waals surface area contributed by atoms with E-state index in [-0.39, 0.29) is 24.0 Å². The molecule has 0 bridgehead atoms. The molecule has 3 rings (SSSR count). The normalized spacial score (nSPS) is 10.8. The molecule has 0 aliphatic rings. The van der Waals surface area contributed by atoms with E-state index in [1.807, 2.05) is 5.38 Å². The number of aromatic amines is 1. The van der Waals surface area contributed by atoms with Crippen LogP contribution in [-0.2, 0) is 13.0 Å². The predicted molar refractivity (Wildman–Crippen MR) is 95.2 cm³/mol. The van der Waals surface area contributed by atoms with Crippen LogP contribution >= 0.6 is 11.3 Å². The highest BCUT2D eigenvalue weighted by atomic mass is 32.1. The Balaban J connectivity index is 1.54. The average Bonchev–Trinajstić information content (AvgIpc) is 3.05. The number of thiophene rings is 1. The number of benzene rings is 1. The smallest absolute Gasteiger partial charge is 0.317 e. The summed E-state index contributed by atoms with van der Waals surface area (Å²) < 4.78 is 13.4. The van der Waals surface area contributed by atoms with Crippen molar-refractivity contribution in [2.75, 3.05) is 13.6 Å². The van der Waals surface area contributed by atoms with Crippen LogP contribution in [0, 0.1) is 5.82 Å². The van der Waals surface area contributed by atoms with Crippen molar-refractivity contribution in [3.8, 4) is 0 Å². The van der Waals surface area contributed by atoms with Crippen LogP contribution in [0.5, 0.6) is 0 Å². The van der Waals surface area contributed by atoms with Gasteiger partial charge in [-0.2, -0.15) is 0 Å². The summed E-state index contributed by atoms with van der Waals surface area (Å²) in [6.07, 6.45) is 0.607. The Kier molecular flexibility index (Phi) is 5.08. The molecule has 8 heteroatoms. The lowest BCUT2D eigenvalue weighted by Gasteiger charge is -2.17. The van der Waals surface area contributed by atoms with Crippen molar-refractivity contribution >= 4 is 27.6 Å². The Bertz CT molecular complexity index is 936. The van der Waals surface area contributed by atoms with Gasteiger partial charge in [0, 0.05) is 13.6 Å². The standard InChI is InChI=1S/C17H17FN4O2S/c1-22(10-14-20-13-7-9-25-15(13)16(23)21-14)17(24)19-8-6-11-2-4-12(18)5-3-11/h2-5,7,9H,6,8,10H2,1H3,(H,19,24)(H,20,21,23). The number of halogens is 1. The monoisotopic (exact) mass is 360 g/mol. The van der Waals surface area contributed by atoms with Crippen molar-refractivity contribution in [3.05, 3.63) is 63.3 Å². The van der Waals surface area contributed by atoms with Gasteiger partial charge >= 0.3 is 6.03 Å². The van der Waals surface area contributed by atoms with Crippen molar-refractivity contribution in [1.29, 1.82) is 0 Å². The second kappa shape index (κ2) is 7.43. The molecular weight excluding hydrogens is 343 g/mol. The third-order valence-electron chi connectivity index (χ3n) is 3.70. The number of carbonyl (C=O) groups excluding carboxylic acids is 1. The Labute approximate surface area is 147 Å². The molecule has 0 fully saturated rings. The van der Waals surface area contributed by atoms with Gasteiger partial charge in [-0.05, 0) is 35.6 Å². The zero-order valence-electron chi connectivity index (χ0n) is 13.6. The molecule has 130 valence electrons. The largest absolute Gasteiger partial charge is 0.338 e. The number of hydrogen-bond donors (Lipinski definition) is 2. The molecule has 2 amide bonds. The van der Waals surface area contributed by atoms with E-state index >= 15 is 0 Å². The number of nitrogens with one attached hydrogen (secondary N) is 2. The molecule has 2 N–H and O–H groups in total. The number of hydrogen-bond acceptors (Lipinski definition) is 4. The average molecular weight is 360 g/mol. The zero-order chi connectivity index (χ0) is 17.8. The van der Waals surface area contributed by atoms with Gasteiger partial charge in [-0.3, -0.25) is 4.79 Å². The predicted octanol–water partition coefficient (Wildman–Crippen LogP) is 2.51. The van der Waals surface area contributed by atoms with Gasteiger partial charge in [0.2, 0.25) is 0 Å². The lowest BCUT2D eigenvalue weighted by atomic mass is 10.1. The quantitative estimate of drug-likeness (QED) is 0.734. The van der Waals surface area contributed by atoms with E-state index in [0.29, 0.717) is 29.0 Å². The van der Waals surface area contributed by atoms with E-state index in [4.69, 9.17) is 0 Å². The molecule has 6 nitrogen and oxygen atoms in total. The molecule has 1 aromatic carbocycles. The Morgan fingerprint density at radius 2 is 2.08 bits per heavy atom. The summed E-state index contributed by atoms with van der Waals surface area (Å²) >= 11 is 1.34. The number of urea groups is 1. The minimum absolute atomic E-state index is 0.194. The van der Waals surface area contributed by atoms with E-state index in [2.05, 4.69) is 15.3 Å². The highest BCUT2D eigenvalue weighted by Crippen LogP contribution is 2.14. The number of rotatable bonds is 5. The molecule has 0 aliphatic carbocycles. The number of aromatic nitrogens is 2. The molecule has 0 saturated carbocycles. The maximum atomic E-state index is 12.8. The molecule has 0 atom stereocenters. The Morgan fingerprint density at radius 3 is 2.84 bits per heavy atom. The van der Waals surface area contributed by atoms with E-state index in [1.165, 1.54) is 28.4 Å². The van der Waals surface area contributed by atoms with Crippen molar-refractivity contribution in [1.82, 2.24) is 20.2 Å². The maximum absolute atomic E-state index is 12.8. The summed E-state index contributed by atoms with van der Waals surface area (Å²) in [6.45, 7) is 0.631. The maximum Gasteiger partial charge on any atom is 0.317 e. The molecule has 0 saturated heterocycles. The first-order chi connectivity index (χ1) is 12.0. The minimum atomic E-state index is -0.281. The van der Waals surface area contributed by atoms with Crippen LogP contribution in [0.25, 0.3) is 10.2 Å². The van der Waals surface area contributed by atoms with Crippen molar-refractivity contribution < 1.29 is 9.18 Å². The van der Waals surface area contributed by atoms with Crippen LogP contribution in [0.2, 0.25) is 0 Å². The van der Waals surface area contributed by atoms with E-state index in [9.17, 15) is 14.0 Å². The van der Waals surface area contributed by atoms with Crippen molar-refractivity contribution in [2.45, 2.75) is 13.0 Å². The van der Waals surface area contributed by atoms with Gasteiger partial charge in [0.15, 0.2) is 0 Å². The summed E-state index contributed by atoms with van der Waals surface area (Å²) in [4.78, 5) is 32.6. The van der Waals surface area contributed by atoms with Crippen LogP contribution in [-0.4, -0.2) is 34.5 Å². The molecular formula is C17H17FN4O2S. The second-order valence-electron chi connectivity index (χ2n) is 5.61. The first-order valence-corrected chi connectivity index (χ1v) is 8.61. The van der Waals surface area contributed by atoms with Gasteiger partial charge in [0.25, 0.3) is 5.56 Å². The number of fused-ring (bicyclic) bond motifs is 1. The van der Waals surface area contributed by atoms with Crippen molar-refractivity contribution in [3.63, 3.8) is 0 Å². The molecule has 25 heavy (non-hydrogen) atoms. The summed E-state index contributed by atoms with van der Waals surface area (Å²) in [5, 5.41) is 4.60. The van der Waals surface area contributed by atoms with Crippen molar-refractivity contribution in [2.24, 2.45) is 0 Å². The molecule has 0 spiro atoms. The van der Waals surface area contributed by atoms with Gasteiger partial charge in [0.05, 0.1) is 12.1 Å². The molecule has 3 aromatic rings. The number of carbonyl (C=O) groups is 1. The highest BCUT2D eigenvalue weighted by Gasteiger charge is 2.11. The Morgan fingerprint density at radius 1 is 1.32 bits per heavy atom. The first kappa shape index (κ1) is 17.1. The zero-order valence-corrected chi connectivity index (χ0v) is 14.4. The lowest BCUT2D eigenvalue weighted by molar-refractivity contribution is 0.206. The second-order valence-corrected chi connectivity index (χ2v) is 6.53. The van der Waals surface area contributed by atoms with Gasteiger partial charge in [-0.25, -0.2) is 14.2 Å². The fourth-order valence-corrected chi connectivity index (χ4v) is 3.12. The van der Waals surface area contributed by atoms with Gasteiger partial charge in [-0.1, -0.05) is 12.1 Å². The topological polar surface area (TPSA) is 78.1 Å². The molecule has 0 unspecified atom stereocenters. The SMILES string of the molecule is CN(Cc1nc2ccsc2c(=O)[nH]1)C(=O)NCCc1ccc(F)cc1. The van der Waals surface area contributed by atoms with Crippen LogP contribution in [0.15, 0.2) is 40.5 Å². The van der Waals surface area contributed by atoms with E-state index < -0.39 is 0 Å². The highest BCUT2D eigenvalue weighted by molar-refractivity contribution is 7.17. The fraction of sp³-hybridized carbons (Fsp3) is 0.235. The molecule has 0 radical (unpaired) electrons. The third kappa shape index (κ3) is 4.21. The van der Waals surface area contributed by atoms with E-state index in [0.717, 1.165) is 5.56 Å². The third-order valence-corrected chi connectivity index (χ3v) is 4.60. The first-order valence-electron chi connectivity index (χ1n) is 7.73. The van der Waals surface area contributed by atoms with Crippen LogP contribution in [0.1, 0.15) is 11.4 Å². The van der Waals surface area contributed by atoms with Crippen LogP contribution < -0.4 is 10.9 Å². The summed E-state index contributed by atoms with van der Waals surface area (Å²) in [5.74, 6) is 0.156. The van der Waals surface area contributed by atoms with Crippen LogP contribution in [0.3, 0.4) is 0 Å².